The first-order valence-electron chi connectivity index (χ1n) is 3.59. The SMILES string of the molecule is O=C(O)c1ccc(C2(F)N=N2)cc1. The minimum absolute atomic E-state index is 0.119. The maximum absolute atomic E-state index is 13.1. The van der Waals surface area contributed by atoms with Crippen LogP contribution >= 0.6 is 0 Å². The van der Waals surface area contributed by atoms with E-state index >= 15 is 0 Å². The maximum atomic E-state index is 13.1. The van der Waals surface area contributed by atoms with Gasteiger partial charge in [0.25, 0.3) is 0 Å². The summed E-state index contributed by atoms with van der Waals surface area (Å²) < 4.78 is 13.1. The molecule has 0 amide bonds. The van der Waals surface area contributed by atoms with Gasteiger partial charge in [0.05, 0.1) is 5.56 Å². The molecule has 1 heterocycles. The zero-order chi connectivity index (χ0) is 9.47. The van der Waals surface area contributed by atoms with Crippen molar-refractivity contribution in [2.45, 2.75) is 5.92 Å². The fourth-order valence-corrected chi connectivity index (χ4v) is 0.984. The predicted octanol–water partition coefficient (Wildman–Crippen LogP) is 1.93. The molecule has 0 aliphatic carbocycles. The third-order valence-electron chi connectivity index (χ3n) is 1.77. The van der Waals surface area contributed by atoms with Crippen molar-refractivity contribution in [3.05, 3.63) is 35.4 Å². The lowest BCUT2D eigenvalue weighted by Crippen LogP contribution is -2.01. The van der Waals surface area contributed by atoms with Crippen molar-refractivity contribution in [3.63, 3.8) is 0 Å². The molecule has 4 nitrogen and oxygen atoms in total. The molecule has 1 aromatic rings. The highest BCUT2D eigenvalue weighted by molar-refractivity contribution is 5.87. The monoisotopic (exact) mass is 180 g/mol. The summed E-state index contributed by atoms with van der Waals surface area (Å²) in [6, 6.07) is 5.37. The number of nitrogens with zero attached hydrogens (tertiary/aromatic N) is 2. The van der Waals surface area contributed by atoms with Gasteiger partial charge in [-0.25, -0.2) is 4.79 Å². The molecule has 1 aliphatic heterocycles. The van der Waals surface area contributed by atoms with E-state index in [0.29, 0.717) is 0 Å². The van der Waals surface area contributed by atoms with Gasteiger partial charge in [-0.3, -0.25) is 0 Å². The lowest BCUT2D eigenvalue weighted by molar-refractivity contribution is 0.0696. The van der Waals surface area contributed by atoms with Crippen molar-refractivity contribution in [1.29, 1.82) is 0 Å². The summed E-state index contributed by atoms with van der Waals surface area (Å²) in [7, 11) is 0. The van der Waals surface area contributed by atoms with E-state index in [-0.39, 0.29) is 11.1 Å². The van der Waals surface area contributed by atoms with Crippen molar-refractivity contribution in [2.75, 3.05) is 0 Å². The Morgan fingerprint density at radius 2 is 1.85 bits per heavy atom. The molecule has 1 aliphatic rings. The molecule has 13 heavy (non-hydrogen) atoms. The summed E-state index contributed by atoms with van der Waals surface area (Å²) >= 11 is 0. The molecular formula is C8H5FN2O2. The number of rotatable bonds is 2. The van der Waals surface area contributed by atoms with Crippen molar-refractivity contribution < 1.29 is 14.3 Å². The number of halogens is 1. The number of hydrogen-bond donors (Lipinski definition) is 1. The fourth-order valence-electron chi connectivity index (χ4n) is 0.984. The molecular weight excluding hydrogens is 175 g/mol. The van der Waals surface area contributed by atoms with Gasteiger partial charge in [0.2, 0.25) is 0 Å². The minimum Gasteiger partial charge on any atom is -0.478 e. The zero-order valence-electron chi connectivity index (χ0n) is 6.44. The summed E-state index contributed by atoms with van der Waals surface area (Å²) in [4.78, 5) is 10.4. The Kier molecular flexibility index (Phi) is 1.42. The number of hydrogen-bond acceptors (Lipinski definition) is 3. The molecule has 0 aromatic heterocycles. The van der Waals surface area contributed by atoms with E-state index in [2.05, 4.69) is 10.2 Å². The average molecular weight is 180 g/mol. The molecule has 1 aromatic carbocycles. The topological polar surface area (TPSA) is 62.0 Å². The van der Waals surface area contributed by atoms with Gasteiger partial charge in [-0.05, 0) is 12.1 Å². The van der Waals surface area contributed by atoms with Crippen LogP contribution in [0.4, 0.5) is 4.39 Å². The summed E-state index contributed by atoms with van der Waals surface area (Å²) in [6.07, 6.45) is 0. The van der Waals surface area contributed by atoms with E-state index in [1.807, 2.05) is 0 Å². The van der Waals surface area contributed by atoms with Gasteiger partial charge >= 0.3 is 11.9 Å². The van der Waals surface area contributed by atoms with Crippen LogP contribution in [0.1, 0.15) is 15.9 Å². The van der Waals surface area contributed by atoms with Crippen LogP contribution in [0.25, 0.3) is 0 Å². The lowest BCUT2D eigenvalue weighted by atomic mass is 10.1. The molecule has 0 atom stereocenters. The molecule has 0 bridgehead atoms. The Labute approximate surface area is 72.7 Å². The van der Waals surface area contributed by atoms with E-state index < -0.39 is 11.9 Å². The van der Waals surface area contributed by atoms with E-state index in [9.17, 15) is 9.18 Å². The molecule has 1 N–H and O–H groups in total. The Bertz CT molecular complexity index is 380. The number of aromatic carboxylic acids is 1. The third kappa shape index (κ3) is 1.28. The maximum Gasteiger partial charge on any atom is 0.354 e. The molecule has 0 unspecified atom stereocenters. The second kappa shape index (κ2) is 2.35. The van der Waals surface area contributed by atoms with Crippen LogP contribution in [0, 0.1) is 0 Å². The summed E-state index contributed by atoms with van der Waals surface area (Å²) in [6.45, 7) is 0. The van der Waals surface area contributed by atoms with E-state index in [1.54, 1.807) is 0 Å². The van der Waals surface area contributed by atoms with Crippen LogP contribution in [0.15, 0.2) is 34.5 Å². The van der Waals surface area contributed by atoms with Gasteiger partial charge in [0, 0.05) is 5.56 Å². The first-order chi connectivity index (χ1) is 6.12. The van der Waals surface area contributed by atoms with E-state index in [4.69, 9.17) is 5.11 Å². The molecule has 0 saturated heterocycles. The smallest absolute Gasteiger partial charge is 0.354 e. The van der Waals surface area contributed by atoms with Crippen molar-refractivity contribution in [3.8, 4) is 0 Å². The second-order valence-electron chi connectivity index (χ2n) is 2.67. The summed E-state index contributed by atoms with van der Waals surface area (Å²) in [5.41, 5.74) is 0.380. The third-order valence-corrected chi connectivity index (χ3v) is 1.77. The molecule has 0 spiro atoms. The first-order valence-corrected chi connectivity index (χ1v) is 3.59. The lowest BCUT2D eigenvalue weighted by Gasteiger charge is -2.00. The first kappa shape index (κ1) is 7.85. The number of carboxylic acid groups (broad SMARTS) is 1. The minimum atomic E-state index is -1.92. The predicted molar refractivity (Wildman–Crippen MR) is 41.0 cm³/mol. The van der Waals surface area contributed by atoms with Crippen molar-refractivity contribution in [2.24, 2.45) is 10.2 Å². The zero-order valence-corrected chi connectivity index (χ0v) is 6.44. The highest BCUT2D eigenvalue weighted by atomic mass is 19.2. The van der Waals surface area contributed by atoms with Crippen LogP contribution in [-0.2, 0) is 5.92 Å². The van der Waals surface area contributed by atoms with Gasteiger partial charge in [0.1, 0.15) is 0 Å². The van der Waals surface area contributed by atoms with Gasteiger partial charge in [0.15, 0.2) is 0 Å². The Morgan fingerprint density at radius 3 is 2.23 bits per heavy atom. The fraction of sp³-hybridized carbons (Fsp3) is 0.125. The normalized spacial score (nSPS) is 17.0. The van der Waals surface area contributed by atoms with Crippen LogP contribution < -0.4 is 0 Å². The highest BCUT2D eigenvalue weighted by Gasteiger charge is 2.42. The Balaban J connectivity index is 2.29. The number of benzene rings is 1. The highest BCUT2D eigenvalue weighted by Crippen LogP contribution is 2.40. The van der Waals surface area contributed by atoms with E-state index in [1.165, 1.54) is 24.3 Å². The Morgan fingerprint density at radius 1 is 1.31 bits per heavy atom. The van der Waals surface area contributed by atoms with Gasteiger partial charge in [-0.2, -0.15) is 4.39 Å². The molecule has 2 rings (SSSR count). The molecule has 5 heteroatoms. The van der Waals surface area contributed by atoms with Gasteiger partial charge < -0.3 is 5.11 Å². The van der Waals surface area contributed by atoms with Crippen LogP contribution in [0.3, 0.4) is 0 Å². The largest absolute Gasteiger partial charge is 0.478 e. The molecule has 0 saturated carbocycles. The van der Waals surface area contributed by atoms with E-state index in [0.717, 1.165) is 0 Å². The number of carbonyl (C=O) groups is 1. The molecule has 66 valence electrons. The van der Waals surface area contributed by atoms with Gasteiger partial charge in [-0.15, -0.1) is 10.2 Å². The van der Waals surface area contributed by atoms with Crippen LogP contribution in [0.5, 0.6) is 0 Å². The molecule has 0 radical (unpaired) electrons. The summed E-state index contributed by atoms with van der Waals surface area (Å²) in [5.74, 6) is -2.96. The van der Waals surface area contributed by atoms with Gasteiger partial charge in [-0.1, -0.05) is 12.1 Å². The number of alkyl halides is 1. The Hall–Kier alpha value is -1.78. The van der Waals surface area contributed by atoms with Crippen molar-refractivity contribution >= 4 is 5.97 Å². The van der Waals surface area contributed by atoms with Crippen LogP contribution in [-0.4, -0.2) is 11.1 Å². The second-order valence-corrected chi connectivity index (χ2v) is 2.67. The standard InChI is InChI=1S/C8H5FN2O2/c9-8(10-11-8)6-3-1-5(2-4-6)7(12)13/h1-4H,(H,12,13). The average Bonchev–Trinajstić information content (AvgIpc) is 2.85. The van der Waals surface area contributed by atoms with Crippen LogP contribution in [0.2, 0.25) is 0 Å². The summed E-state index contributed by atoms with van der Waals surface area (Å²) in [5, 5.41) is 14.9. The quantitative estimate of drug-likeness (QED) is 0.706. The molecule has 0 fully saturated rings. The van der Waals surface area contributed by atoms with Crippen molar-refractivity contribution in [1.82, 2.24) is 0 Å². The number of carboxylic acids is 1.